The van der Waals surface area contributed by atoms with Crippen molar-refractivity contribution in [3.05, 3.63) is 35.6 Å². The van der Waals surface area contributed by atoms with Crippen LogP contribution < -0.4 is 5.32 Å². The normalized spacial score (nSPS) is 12.0. The average Bonchev–Trinajstić information content (AvgIpc) is 2.45. The number of nitrogens with one attached hydrogen (secondary N) is 1. The summed E-state index contributed by atoms with van der Waals surface area (Å²) in [5, 5.41) is 11.7. The molecule has 0 saturated heterocycles. The summed E-state index contributed by atoms with van der Waals surface area (Å²) in [6.07, 6.45) is 1.20. The van der Waals surface area contributed by atoms with E-state index in [1.807, 2.05) is 6.92 Å². The van der Waals surface area contributed by atoms with Crippen molar-refractivity contribution < 1.29 is 19.1 Å². The number of likely N-dealkylation sites (N-methyl/N-ethyl adjacent to an activating group) is 1. The topological polar surface area (TPSA) is 69.6 Å². The molecular formula is C15H21FN2O3. The van der Waals surface area contributed by atoms with Crippen LogP contribution in [0.3, 0.4) is 0 Å². The second kappa shape index (κ2) is 8.36. The van der Waals surface area contributed by atoms with Gasteiger partial charge in [0.25, 0.3) is 0 Å². The van der Waals surface area contributed by atoms with Gasteiger partial charge in [-0.15, -0.1) is 0 Å². The summed E-state index contributed by atoms with van der Waals surface area (Å²) in [7, 11) is 1.63. The molecule has 1 unspecified atom stereocenters. The molecule has 0 bridgehead atoms. The molecular weight excluding hydrogens is 275 g/mol. The van der Waals surface area contributed by atoms with Gasteiger partial charge in [0.15, 0.2) is 0 Å². The van der Waals surface area contributed by atoms with Gasteiger partial charge in [-0.3, -0.25) is 14.9 Å². The van der Waals surface area contributed by atoms with Crippen molar-refractivity contribution in [1.29, 1.82) is 0 Å². The van der Waals surface area contributed by atoms with Crippen molar-refractivity contribution >= 4 is 11.9 Å². The fraction of sp³-hybridized carbons (Fsp3) is 0.467. The van der Waals surface area contributed by atoms with E-state index in [-0.39, 0.29) is 18.3 Å². The Labute approximate surface area is 123 Å². The number of hydrogen-bond acceptors (Lipinski definition) is 3. The summed E-state index contributed by atoms with van der Waals surface area (Å²) in [4.78, 5) is 24.4. The zero-order valence-corrected chi connectivity index (χ0v) is 12.3. The fourth-order valence-corrected chi connectivity index (χ4v) is 1.90. The van der Waals surface area contributed by atoms with Crippen LogP contribution in [0.2, 0.25) is 0 Å². The largest absolute Gasteiger partial charge is 0.480 e. The van der Waals surface area contributed by atoms with E-state index in [0.29, 0.717) is 13.0 Å². The van der Waals surface area contributed by atoms with E-state index in [2.05, 4.69) is 5.32 Å². The fourth-order valence-electron chi connectivity index (χ4n) is 1.90. The molecule has 0 aliphatic carbocycles. The number of halogens is 1. The van der Waals surface area contributed by atoms with Crippen molar-refractivity contribution in [3.8, 4) is 0 Å². The van der Waals surface area contributed by atoms with Gasteiger partial charge in [0, 0.05) is 13.6 Å². The molecule has 1 rings (SSSR count). The van der Waals surface area contributed by atoms with Crippen molar-refractivity contribution in [1.82, 2.24) is 10.2 Å². The second-order valence-electron chi connectivity index (χ2n) is 4.94. The molecule has 21 heavy (non-hydrogen) atoms. The Kier molecular flexibility index (Phi) is 6.81. The minimum atomic E-state index is -0.953. The van der Waals surface area contributed by atoms with E-state index in [1.165, 1.54) is 17.0 Å². The Balaban J connectivity index is 2.47. The maximum Gasteiger partial charge on any atom is 0.320 e. The Morgan fingerprint density at radius 1 is 1.33 bits per heavy atom. The summed E-state index contributed by atoms with van der Waals surface area (Å²) in [6.45, 7) is 2.21. The monoisotopic (exact) mass is 296 g/mol. The molecule has 0 heterocycles. The van der Waals surface area contributed by atoms with E-state index in [0.717, 1.165) is 12.0 Å². The number of rotatable bonds is 8. The first-order chi connectivity index (χ1) is 9.93. The highest BCUT2D eigenvalue weighted by Gasteiger charge is 2.18. The van der Waals surface area contributed by atoms with Crippen molar-refractivity contribution in [2.45, 2.75) is 32.4 Å². The molecule has 0 fully saturated rings. The third-order valence-electron chi connectivity index (χ3n) is 3.13. The van der Waals surface area contributed by atoms with E-state index in [9.17, 15) is 14.0 Å². The van der Waals surface area contributed by atoms with Gasteiger partial charge in [-0.25, -0.2) is 4.39 Å². The number of benzene rings is 1. The van der Waals surface area contributed by atoms with Gasteiger partial charge in [0.1, 0.15) is 11.9 Å². The molecule has 1 aromatic carbocycles. The van der Waals surface area contributed by atoms with Gasteiger partial charge < -0.3 is 10.0 Å². The third-order valence-corrected chi connectivity index (χ3v) is 3.13. The number of nitrogens with zero attached hydrogens (tertiary/aromatic N) is 1. The zero-order chi connectivity index (χ0) is 15.8. The number of hydrogen-bond donors (Lipinski definition) is 2. The van der Waals surface area contributed by atoms with Crippen LogP contribution >= 0.6 is 0 Å². The Bertz CT molecular complexity index is 476. The molecule has 1 atom stereocenters. The van der Waals surface area contributed by atoms with E-state index in [1.54, 1.807) is 19.2 Å². The molecule has 1 aromatic rings. The Hall–Kier alpha value is -1.95. The van der Waals surface area contributed by atoms with Crippen LogP contribution in [0.15, 0.2) is 24.3 Å². The number of carboxylic acids is 1. The lowest BCUT2D eigenvalue weighted by Crippen LogP contribution is -2.43. The summed E-state index contributed by atoms with van der Waals surface area (Å²) in [5.74, 6) is -1.48. The van der Waals surface area contributed by atoms with Gasteiger partial charge >= 0.3 is 5.97 Å². The molecule has 0 aliphatic rings. The molecule has 0 aliphatic heterocycles. The maximum atomic E-state index is 12.8. The molecule has 5 nitrogen and oxygen atoms in total. The third kappa shape index (κ3) is 5.91. The summed E-state index contributed by atoms with van der Waals surface area (Å²) >= 11 is 0. The van der Waals surface area contributed by atoms with Crippen LogP contribution in [-0.2, 0) is 16.1 Å². The van der Waals surface area contributed by atoms with Crippen LogP contribution in [0.4, 0.5) is 4.39 Å². The summed E-state index contributed by atoms with van der Waals surface area (Å²) in [5.41, 5.74) is 0.815. The second-order valence-corrected chi connectivity index (χ2v) is 4.94. The number of aliphatic carboxylic acids is 1. The van der Waals surface area contributed by atoms with Crippen LogP contribution in [0.5, 0.6) is 0 Å². The van der Waals surface area contributed by atoms with E-state index >= 15 is 0 Å². The molecule has 0 radical (unpaired) electrons. The first-order valence-corrected chi connectivity index (χ1v) is 6.88. The standard InChI is InChI=1S/C15H21FN2O3/c1-3-4-13(15(20)21)17-9-14(19)18(2)10-11-5-7-12(16)8-6-11/h5-8,13,17H,3-4,9-10H2,1-2H3,(H,20,21). The van der Waals surface area contributed by atoms with Gasteiger partial charge in [-0.2, -0.15) is 0 Å². The highest BCUT2D eigenvalue weighted by atomic mass is 19.1. The van der Waals surface area contributed by atoms with Gasteiger partial charge in [0.2, 0.25) is 5.91 Å². The number of carboxylic acid groups (broad SMARTS) is 1. The molecule has 2 N–H and O–H groups in total. The number of amides is 1. The molecule has 116 valence electrons. The molecule has 0 saturated carbocycles. The molecule has 0 spiro atoms. The van der Waals surface area contributed by atoms with Crippen molar-refractivity contribution in [3.63, 3.8) is 0 Å². The van der Waals surface area contributed by atoms with Crippen LogP contribution in [0.25, 0.3) is 0 Å². The first kappa shape index (κ1) is 17.1. The van der Waals surface area contributed by atoms with Crippen LogP contribution in [0, 0.1) is 5.82 Å². The molecule has 6 heteroatoms. The first-order valence-electron chi connectivity index (χ1n) is 6.88. The lowest BCUT2D eigenvalue weighted by atomic mass is 10.1. The quantitative estimate of drug-likeness (QED) is 0.765. The molecule has 1 amide bonds. The van der Waals surface area contributed by atoms with Crippen molar-refractivity contribution in [2.24, 2.45) is 0 Å². The van der Waals surface area contributed by atoms with Crippen LogP contribution in [-0.4, -0.2) is 41.5 Å². The predicted octanol–water partition coefficient (Wildman–Crippen LogP) is 1.63. The summed E-state index contributed by atoms with van der Waals surface area (Å²) < 4.78 is 12.8. The van der Waals surface area contributed by atoms with Gasteiger partial charge in [0.05, 0.1) is 6.54 Å². The van der Waals surface area contributed by atoms with E-state index in [4.69, 9.17) is 5.11 Å². The maximum absolute atomic E-state index is 12.8. The minimum Gasteiger partial charge on any atom is -0.480 e. The zero-order valence-electron chi connectivity index (χ0n) is 12.3. The Morgan fingerprint density at radius 3 is 2.48 bits per heavy atom. The smallest absolute Gasteiger partial charge is 0.320 e. The SMILES string of the molecule is CCCC(NCC(=O)N(C)Cc1ccc(F)cc1)C(=O)O. The van der Waals surface area contributed by atoms with Crippen LogP contribution in [0.1, 0.15) is 25.3 Å². The number of carbonyl (C=O) groups is 2. The lowest BCUT2D eigenvalue weighted by molar-refractivity contribution is -0.140. The molecule has 0 aromatic heterocycles. The highest BCUT2D eigenvalue weighted by molar-refractivity contribution is 5.79. The average molecular weight is 296 g/mol. The predicted molar refractivity (Wildman–Crippen MR) is 77.2 cm³/mol. The Morgan fingerprint density at radius 2 is 1.95 bits per heavy atom. The lowest BCUT2D eigenvalue weighted by Gasteiger charge is -2.19. The van der Waals surface area contributed by atoms with Gasteiger partial charge in [-0.1, -0.05) is 25.5 Å². The van der Waals surface area contributed by atoms with Crippen molar-refractivity contribution in [2.75, 3.05) is 13.6 Å². The highest BCUT2D eigenvalue weighted by Crippen LogP contribution is 2.05. The minimum absolute atomic E-state index is 0.0331. The van der Waals surface area contributed by atoms with Gasteiger partial charge in [-0.05, 0) is 24.1 Å². The van der Waals surface area contributed by atoms with E-state index < -0.39 is 12.0 Å². The number of carbonyl (C=O) groups excluding carboxylic acids is 1. The summed E-state index contributed by atoms with van der Waals surface area (Å²) in [6, 6.07) is 5.20.